The van der Waals surface area contributed by atoms with Crippen molar-refractivity contribution in [3.8, 4) is 0 Å². The van der Waals surface area contributed by atoms with E-state index in [1.807, 2.05) is 0 Å². The minimum atomic E-state index is -3.38. The normalized spacial score (nSPS) is 12.9. The maximum atomic E-state index is 12.2. The SMILES string of the molecule is CCCCCCCCCCCCCCCC[C@@H](O)CS(=O)(=O)c1ccccc1. The predicted octanol–water partition coefficient (Wildman–Crippen LogP) is 6.69. The van der Waals surface area contributed by atoms with E-state index in [1.165, 1.54) is 77.0 Å². The molecule has 4 heteroatoms. The molecule has 0 fully saturated rings. The highest BCUT2D eigenvalue weighted by molar-refractivity contribution is 7.91. The second-order valence-electron chi connectivity index (χ2n) is 8.13. The third-order valence-electron chi connectivity index (χ3n) is 5.41. The molecule has 0 unspecified atom stereocenters. The van der Waals surface area contributed by atoms with Crippen LogP contribution in [0.5, 0.6) is 0 Å². The summed E-state index contributed by atoms with van der Waals surface area (Å²) in [4.78, 5) is 0.301. The summed E-state index contributed by atoms with van der Waals surface area (Å²) in [7, 11) is -3.38. The zero-order valence-corrected chi connectivity index (χ0v) is 18.8. The van der Waals surface area contributed by atoms with Crippen LogP contribution in [0.2, 0.25) is 0 Å². The smallest absolute Gasteiger partial charge is 0.180 e. The summed E-state index contributed by atoms with van der Waals surface area (Å²) in [5.41, 5.74) is 0. The van der Waals surface area contributed by atoms with Crippen molar-refractivity contribution in [3.63, 3.8) is 0 Å². The fourth-order valence-corrected chi connectivity index (χ4v) is 5.07. The van der Waals surface area contributed by atoms with E-state index in [1.54, 1.807) is 30.3 Å². The molecule has 0 aromatic heterocycles. The van der Waals surface area contributed by atoms with Gasteiger partial charge in [0.2, 0.25) is 0 Å². The van der Waals surface area contributed by atoms with E-state index in [-0.39, 0.29) is 5.75 Å². The van der Waals surface area contributed by atoms with Crippen LogP contribution >= 0.6 is 0 Å². The van der Waals surface area contributed by atoms with E-state index in [0.29, 0.717) is 11.3 Å². The van der Waals surface area contributed by atoms with Crippen molar-refractivity contribution in [1.29, 1.82) is 0 Å². The van der Waals surface area contributed by atoms with Crippen molar-refractivity contribution in [3.05, 3.63) is 30.3 Å². The molecule has 1 aromatic rings. The molecule has 0 aliphatic rings. The Hall–Kier alpha value is -0.870. The van der Waals surface area contributed by atoms with E-state index in [2.05, 4.69) is 6.92 Å². The molecule has 162 valence electrons. The van der Waals surface area contributed by atoms with Crippen LogP contribution in [-0.4, -0.2) is 25.4 Å². The van der Waals surface area contributed by atoms with Crippen LogP contribution in [0.15, 0.2) is 35.2 Å². The first kappa shape index (κ1) is 25.2. The molecule has 28 heavy (non-hydrogen) atoms. The Morgan fingerprint density at radius 2 is 1.14 bits per heavy atom. The quantitative estimate of drug-likeness (QED) is 0.274. The van der Waals surface area contributed by atoms with Crippen molar-refractivity contribution < 1.29 is 13.5 Å². The lowest BCUT2D eigenvalue weighted by molar-refractivity contribution is 0.182. The molecular formula is C24H42O3S. The van der Waals surface area contributed by atoms with Gasteiger partial charge in [-0.2, -0.15) is 0 Å². The molecule has 0 aliphatic heterocycles. The third kappa shape index (κ3) is 12.6. The number of hydrogen-bond donors (Lipinski definition) is 1. The molecule has 0 bridgehead atoms. The fraction of sp³-hybridized carbons (Fsp3) is 0.750. The van der Waals surface area contributed by atoms with Gasteiger partial charge in [0.15, 0.2) is 9.84 Å². The number of aliphatic hydroxyl groups excluding tert-OH is 1. The first-order valence-corrected chi connectivity index (χ1v) is 13.2. The highest BCUT2D eigenvalue weighted by atomic mass is 32.2. The van der Waals surface area contributed by atoms with Gasteiger partial charge in [-0.15, -0.1) is 0 Å². The van der Waals surface area contributed by atoms with Gasteiger partial charge in [0.25, 0.3) is 0 Å². The summed E-state index contributed by atoms with van der Waals surface area (Å²) in [6.07, 6.45) is 18.0. The molecule has 1 atom stereocenters. The van der Waals surface area contributed by atoms with E-state index in [4.69, 9.17) is 0 Å². The van der Waals surface area contributed by atoms with Gasteiger partial charge in [0.05, 0.1) is 16.8 Å². The average molecular weight is 411 g/mol. The van der Waals surface area contributed by atoms with Crippen LogP contribution in [0.3, 0.4) is 0 Å². The number of aliphatic hydroxyl groups is 1. The molecule has 3 nitrogen and oxygen atoms in total. The first-order valence-electron chi connectivity index (χ1n) is 11.5. The van der Waals surface area contributed by atoms with Crippen LogP contribution in [0.1, 0.15) is 103 Å². The first-order chi connectivity index (χ1) is 13.6. The molecule has 0 amide bonds. The molecule has 1 N–H and O–H groups in total. The number of rotatable bonds is 18. The van der Waals surface area contributed by atoms with Crippen molar-refractivity contribution in [2.45, 2.75) is 114 Å². The van der Waals surface area contributed by atoms with Gasteiger partial charge >= 0.3 is 0 Å². The van der Waals surface area contributed by atoms with E-state index >= 15 is 0 Å². The van der Waals surface area contributed by atoms with Crippen LogP contribution < -0.4 is 0 Å². The molecule has 0 radical (unpaired) electrons. The Morgan fingerprint density at radius 1 is 0.714 bits per heavy atom. The predicted molar refractivity (Wildman–Crippen MR) is 119 cm³/mol. The number of hydrogen-bond acceptors (Lipinski definition) is 3. The maximum Gasteiger partial charge on any atom is 0.180 e. The Labute approximate surface area is 173 Å². The van der Waals surface area contributed by atoms with Gasteiger partial charge in [0.1, 0.15) is 0 Å². The lowest BCUT2D eigenvalue weighted by atomic mass is 10.0. The summed E-state index contributed by atoms with van der Waals surface area (Å²) >= 11 is 0. The van der Waals surface area contributed by atoms with Gasteiger partial charge < -0.3 is 5.11 Å². The topological polar surface area (TPSA) is 54.4 Å². The lowest BCUT2D eigenvalue weighted by Gasteiger charge is -2.11. The third-order valence-corrected chi connectivity index (χ3v) is 7.22. The van der Waals surface area contributed by atoms with Gasteiger partial charge in [-0.3, -0.25) is 0 Å². The average Bonchev–Trinajstić information content (AvgIpc) is 2.68. The Balaban J connectivity index is 1.93. The van der Waals surface area contributed by atoms with Gasteiger partial charge in [-0.25, -0.2) is 8.42 Å². The maximum absolute atomic E-state index is 12.2. The second kappa shape index (κ2) is 16.0. The molecule has 0 heterocycles. The molecule has 1 rings (SSSR count). The zero-order chi connectivity index (χ0) is 20.5. The van der Waals surface area contributed by atoms with Crippen molar-refractivity contribution >= 4 is 9.84 Å². The zero-order valence-electron chi connectivity index (χ0n) is 17.9. The number of benzene rings is 1. The van der Waals surface area contributed by atoms with Crippen molar-refractivity contribution in [2.24, 2.45) is 0 Å². The van der Waals surface area contributed by atoms with E-state index < -0.39 is 15.9 Å². The van der Waals surface area contributed by atoms with E-state index in [9.17, 15) is 13.5 Å². The van der Waals surface area contributed by atoms with Gasteiger partial charge in [-0.05, 0) is 18.6 Å². The summed E-state index contributed by atoms with van der Waals surface area (Å²) in [5, 5.41) is 10.1. The summed E-state index contributed by atoms with van der Waals surface area (Å²) in [6.45, 7) is 2.26. The molecule has 1 aromatic carbocycles. The number of sulfone groups is 1. The highest BCUT2D eigenvalue weighted by Crippen LogP contribution is 2.16. The van der Waals surface area contributed by atoms with Crippen molar-refractivity contribution in [2.75, 3.05) is 5.75 Å². The lowest BCUT2D eigenvalue weighted by Crippen LogP contribution is -2.20. The summed E-state index contributed by atoms with van der Waals surface area (Å²) in [5.74, 6) is -0.171. The Bertz CT molecular complexity index is 569. The molecule has 0 saturated carbocycles. The highest BCUT2D eigenvalue weighted by Gasteiger charge is 2.19. The fourth-order valence-electron chi connectivity index (χ4n) is 3.64. The minimum absolute atomic E-state index is 0.171. The van der Waals surface area contributed by atoms with Crippen LogP contribution in [0.4, 0.5) is 0 Å². The summed E-state index contributed by atoms with van der Waals surface area (Å²) in [6, 6.07) is 8.41. The molecule has 0 aliphatic carbocycles. The second-order valence-corrected chi connectivity index (χ2v) is 10.2. The molecule has 0 spiro atoms. The van der Waals surface area contributed by atoms with Crippen LogP contribution in [0.25, 0.3) is 0 Å². The van der Waals surface area contributed by atoms with E-state index in [0.717, 1.165) is 12.8 Å². The van der Waals surface area contributed by atoms with Crippen LogP contribution in [-0.2, 0) is 9.84 Å². The molecular weight excluding hydrogens is 368 g/mol. The standard InChI is InChI=1S/C24H42O3S/c1-2-3-4-5-6-7-8-9-10-11-12-13-14-16-19-23(25)22-28(26,27)24-20-17-15-18-21-24/h15,17-18,20-21,23,25H,2-14,16,19,22H2,1H3/t23-/m1/s1. The molecule has 0 saturated heterocycles. The van der Waals surface area contributed by atoms with Crippen LogP contribution in [0, 0.1) is 0 Å². The minimum Gasteiger partial charge on any atom is -0.392 e. The Kier molecular flexibility index (Phi) is 14.4. The van der Waals surface area contributed by atoms with Gasteiger partial charge in [0, 0.05) is 0 Å². The number of unbranched alkanes of at least 4 members (excludes halogenated alkanes) is 13. The van der Waals surface area contributed by atoms with Crippen molar-refractivity contribution in [1.82, 2.24) is 0 Å². The Morgan fingerprint density at radius 3 is 1.61 bits per heavy atom. The largest absolute Gasteiger partial charge is 0.392 e. The monoisotopic (exact) mass is 410 g/mol. The summed E-state index contributed by atoms with van der Waals surface area (Å²) < 4.78 is 24.5. The van der Waals surface area contributed by atoms with Gasteiger partial charge in [-0.1, -0.05) is 115 Å².